The largest absolute Gasteiger partial charge is 0.479 e. The molecule has 2 fully saturated rings. The molecule has 1 aliphatic carbocycles. The van der Waals surface area contributed by atoms with Crippen molar-refractivity contribution < 1.29 is 15.0 Å². The number of carbonyl (C=O) groups is 1. The van der Waals surface area contributed by atoms with Gasteiger partial charge in [-0.05, 0) is 26.2 Å². The Kier molecular flexibility index (Phi) is 3.19. The van der Waals surface area contributed by atoms with Gasteiger partial charge in [0, 0.05) is 31.7 Å². The van der Waals surface area contributed by atoms with Crippen LogP contribution in [0.4, 0.5) is 0 Å². The van der Waals surface area contributed by atoms with E-state index < -0.39 is 11.6 Å². The van der Waals surface area contributed by atoms with Gasteiger partial charge in [-0.15, -0.1) is 0 Å². The highest BCUT2D eigenvalue weighted by atomic mass is 16.4. The molecule has 0 aromatic carbocycles. The van der Waals surface area contributed by atoms with Crippen LogP contribution in [0.5, 0.6) is 0 Å². The Labute approximate surface area is 95.4 Å². The second-order valence-corrected chi connectivity index (χ2v) is 5.17. The summed E-state index contributed by atoms with van der Waals surface area (Å²) in [7, 11) is 0. The molecule has 1 aliphatic heterocycles. The van der Waals surface area contributed by atoms with Crippen LogP contribution in [0, 0.1) is 0 Å². The van der Waals surface area contributed by atoms with E-state index in [-0.39, 0.29) is 6.54 Å². The molecule has 1 saturated heterocycles. The van der Waals surface area contributed by atoms with Crippen molar-refractivity contribution in [1.82, 2.24) is 10.2 Å². The number of nitrogens with zero attached hydrogens (tertiary/aromatic N) is 1. The number of aliphatic carboxylic acids is 1. The maximum Gasteiger partial charge on any atom is 0.336 e. The molecule has 0 bridgehead atoms. The minimum atomic E-state index is -1.66. The van der Waals surface area contributed by atoms with Crippen molar-refractivity contribution in [2.75, 3.05) is 19.6 Å². The zero-order chi connectivity index (χ0) is 11.8. The van der Waals surface area contributed by atoms with E-state index in [1.807, 2.05) is 0 Å². The van der Waals surface area contributed by atoms with Crippen LogP contribution in [0.2, 0.25) is 0 Å². The zero-order valence-corrected chi connectivity index (χ0v) is 9.65. The van der Waals surface area contributed by atoms with Gasteiger partial charge in [0.05, 0.1) is 0 Å². The number of hydrogen-bond acceptors (Lipinski definition) is 4. The van der Waals surface area contributed by atoms with Crippen molar-refractivity contribution in [3.05, 3.63) is 0 Å². The maximum atomic E-state index is 10.7. The first-order chi connectivity index (χ1) is 7.49. The van der Waals surface area contributed by atoms with Crippen LogP contribution in [0.3, 0.4) is 0 Å². The van der Waals surface area contributed by atoms with E-state index in [1.165, 1.54) is 19.8 Å². The second-order valence-electron chi connectivity index (χ2n) is 5.17. The number of aliphatic hydroxyl groups is 1. The molecule has 2 atom stereocenters. The fourth-order valence-electron chi connectivity index (χ4n) is 2.14. The number of nitrogens with one attached hydrogen (secondary N) is 1. The smallest absolute Gasteiger partial charge is 0.336 e. The van der Waals surface area contributed by atoms with Gasteiger partial charge in [-0.3, -0.25) is 4.90 Å². The molecule has 0 aromatic rings. The van der Waals surface area contributed by atoms with E-state index in [2.05, 4.69) is 10.2 Å². The Bertz CT molecular complexity index is 276. The van der Waals surface area contributed by atoms with Crippen molar-refractivity contribution in [1.29, 1.82) is 0 Å². The molecule has 2 unspecified atom stereocenters. The molecule has 1 saturated carbocycles. The van der Waals surface area contributed by atoms with Crippen LogP contribution in [0.25, 0.3) is 0 Å². The Balaban J connectivity index is 1.72. The number of carboxylic acid groups (broad SMARTS) is 1. The van der Waals surface area contributed by atoms with Gasteiger partial charge in [0.25, 0.3) is 0 Å². The highest BCUT2D eigenvalue weighted by Crippen LogP contribution is 2.29. The third-order valence-corrected chi connectivity index (χ3v) is 3.48. The summed E-state index contributed by atoms with van der Waals surface area (Å²) in [5.74, 6) is -1.17. The van der Waals surface area contributed by atoms with Crippen LogP contribution in [0.15, 0.2) is 0 Å². The van der Waals surface area contributed by atoms with Crippen LogP contribution >= 0.6 is 0 Å². The van der Waals surface area contributed by atoms with Crippen LogP contribution < -0.4 is 5.32 Å². The minimum Gasteiger partial charge on any atom is -0.479 e. The van der Waals surface area contributed by atoms with Gasteiger partial charge in [-0.25, -0.2) is 4.79 Å². The lowest BCUT2D eigenvalue weighted by Crippen LogP contribution is -2.48. The fourth-order valence-corrected chi connectivity index (χ4v) is 2.14. The average Bonchev–Trinajstić information content (AvgIpc) is 2.95. The molecule has 92 valence electrons. The summed E-state index contributed by atoms with van der Waals surface area (Å²) < 4.78 is 0. The predicted molar refractivity (Wildman–Crippen MR) is 59.3 cm³/mol. The van der Waals surface area contributed by atoms with Gasteiger partial charge in [-0.1, -0.05) is 0 Å². The number of likely N-dealkylation sites (tertiary alicyclic amines) is 1. The number of carboxylic acids is 1. The average molecular weight is 228 g/mol. The molecule has 16 heavy (non-hydrogen) atoms. The summed E-state index contributed by atoms with van der Waals surface area (Å²) >= 11 is 0. The fraction of sp³-hybridized carbons (Fsp3) is 0.909. The molecule has 0 aromatic heterocycles. The Morgan fingerprint density at radius 2 is 2.19 bits per heavy atom. The molecule has 5 heteroatoms. The second kappa shape index (κ2) is 4.31. The molecule has 0 radical (unpaired) electrons. The molecule has 2 rings (SSSR count). The summed E-state index contributed by atoms with van der Waals surface area (Å²) in [6.07, 6.45) is 3.66. The first-order valence-electron chi connectivity index (χ1n) is 5.92. The molecule has 2 aliphatic rings. The molecule has 1 heterocycles. The van der Waals surface area contributed by atoms with Crippen LogP contribution in [-0.2, 0) is 4.79 Å². The normalized spacial score (nSPS) is 30.2. The van der Waals surface area contributed by atoms with Gasteiger partial charge in [0.1, 0.15) is 0 Å². The van der Waals surface area contributed by atoms with E-state index in [4.69, 9.17) is 5.11 Å². The maximum absolute atomic E-state index is 10.7. The predicted octanol–water partition coefficient (Wildman–Crippen LogP) is -0.352. The van der Waals surface area contributed by atoms with Crippen LogP contribution in [0.1, 0.15) is 26.2 Å². The Morgan fingerprint density at radius 1 is 1.50 bits per heavy atom. The lowest BCUT2D eigenvalue weighted by molar-refractivity contribution is -0.156. The lowest BCUT2D eigenvalue weighted by Gasteiger charge is -2.22. The minimum absolute atomic E-state index is 0.117. The van der Waals surface area contributed by atoms with E-state index in [0.29, 0.717) is 6.04 Å². The molecule has 0 amide bonds. The van der Waals surface area contributed by atoms with E-state index in [9.17, 15) is 9.90 Å². The highest BCUT2D eigenvalue weighted by molar-refractivity contribution is 5.76. The molecule has 5 nitrogen and oxygen atoms in total. The van der Waals surface area contributed by atoms with Crippen molar-refractivity contribution in [3.8, 4) is 0 Å². The SMILES string of the molecule is CC(O)(CNC1CCN(C2CC2)C1)C(=O)O. The van der Waals surface area contributed by atoms with Gasteiger partial charge in [-0.2, -0.15) is 0 Å². The Morgan fingerprint density at radius 3 is 2.75 bits per heavy atom. The van der Waals surface area contributed by atoms with Crippen molar-refractivity contribution in [2.24, 2.45) is 0 Å². The first-order valence-corrected chi connectivity index (χ1v) is 5.92. The quantitative estimate of drug-likeness (QED) is 0.600. The third kappa shape index (κ3) is 2.72. The van der Waals surface area contributed by atoms with E-state index >= 15 is 0 Å². The van der Waals surface area contributed by atoms with Crippen LogP contribution in [-0.4, -0.2) is 58.4 Å². The van der Waals surface area contributed by atoms with E-state index in [1.54, 1.807) is 0 Å². The van der Waals surface area contributed by atoms with E-state index in [0.717, 1.165) is 25.6 Å². The molecule has 3 N–H and O–H groups in total. The number of hydrogen-bond donors (Lipinski definition) is 3. The summed E-state index contributed by atoms with van der Waals surface area (Å²) in [5, 5.41) is 21.5. The molecular formula is C11H20N2O3. The molecular weight excluding hydrogens is 208 g/mol. The van der Waals surface area contributed by atoms with Crippen molar-refractivity contribution >= 4 is 5.97 Å². The summed E-state index contributed by atoms with van der Waals surface area (Å²) in [6, 6.07) is 1.10. The van der Waals surface area contributed by atoms with Gasteiger partial charge in [0.2, 0.25) is 0 Å². The first kappa shape index (κ1) is 11.8. The monoisotopic (exact) mass is 228 g/mol. The summed E-state index contributed by atoms with van der Waals surface area (Å²) in [4.78, 5) is 13.2. The van der Waals surface area contributed by atoms with Gasteiger partial charge < -0.3 is 15.5 Å². The van der Waals surface area contributed by atoms with Gasteiger partial charge in [0.15, 0.2) is 5.60 Å². The third-order valence-electron chi connectivity index (χ3n) is 3.48. The highest BCUT2D eigenvalue weighted by Gasteiger charge is 2.36. The Hall–Kier alpha value is -0.650. The number of rotatable bonds is 5. The van der Waals surface area contributed by atoms with Crippen molar-refractivity contribution in [2.45, 2.75) is 43.9 Å². The summed E-state index contributed by atoms with van der Waals surface area (Å²) in [6.45, 7) is 3.53. The lowest BCUT2D eigenvalue weighted by atomic mass is 10.1. The summed E-state index contributed by atoms with van der Waals surface area (Å²) in [5.41, 5.74) is -1.66. The van der Waals surface area contributed by atoms with Crippen molar-refractivity contribution in [3.63, 3.8) is 0 Å². The van der Waals surface area contributed by atoms with Gasteiger partial charge >= 0.3 is 5.97 Å². The molecule has 0 spiro atoms. The standard InChI is InChI=1S/C11H20N2O3/c1-11(16,10(14)15)7-12-8-4-5-13(6-8)9-2-3-9/h8-9,12,16H,2-7H2,1H3,(H,14,15). The topological polar surface area (TPSA) is 72.8 Å². The zero-order valence-electron chi connectivity index (χ0n) is 9.65.